The number of halogens is 1. The third-order valence-electron chi connectivity index (χ3n) is 5.37. The lowest BCUT2D eigenvalue weighted by Gasteiger charge is -2.21. The van der Waals surface area contributed by atoms with Crippen molar-refractivity contribution in [1.82, 2.24) is 10.6 Å². The van der Waals surface area contributed by atoms with Gasteiger partial charge in [-0.05, 0) is 24.1 Å². The van der Waals surface area contributed by atoms with Crippen LogP contribution in [0.25, 0.3) is 0 Å². The second-order valence-electron chi connectivity index (χ2n) is 7.63. The first kappa shape index (κ1) is 24.9. The molecule has 2 aromatic rings. The van der Waals surface area contributed by atoms with Crippen molar-refractivity contribution in [2.45, 2.75) is 19.0 Å². The molecule has 0 aliphatic carbocycles. The second kappa shape index (κ2) is 11.9. The molecule has 1 aliphatic rings. The second-order valence-corrected chi connectivity index (χ2v) is 7.63. The molecule has 0 amide bonds. The van der Waals surface area contributed by atoms with Crippen molar-refractivity contribution >= 4 is 41.3 Å². The molecule has 1 unspecified atom stereocenters. The number of aliphatic imine (C=N–C) groups is 1. The van der Waals surface area contributed by atoms with Gasteiger partial charge < -0.3 is 29.9 Å². The number of guanidine groups is 1. The Labute approximate surface area is 202 Å². The summed E-state index contributed by atoms with van der Waals surface area (Å²) in [6, 6.07) is 14.9. The van der Waals surface area contributed by atoms with Gasteiger partial charge in [0.1, 0.15) is 11.5 Å². The summed E-state index contributed by atoms with van der Waals surface area (Å²) in [6.45, 7) is 2.60. The molecule has 170 valence electrons. The summed E-state index contributed by atoms with van der Waals surface area (Å²) in [5.41, 5.74) is 3.53. The number of nitrogens with one attached hydrogen (secondary N) is 2. The predicted octanol–water partition coefficient (Wildman–Crippen LogP) is 3.33. The van der Waals surface area contributed by atoms with Crippen LogP contribution >= 0.6 is 24.0 Å². The van der Waals surface area contributed by atoms with E-state index < -0.39 is 0 Å². The minimum atomic E-state index is 0. The molecule has 0 saturated carbocycles. The van der Waals surface area contributed by atoms with Gasteiger partial charge in [-0.25, -0.2) is 0 Å². The molecule has 1 atom stereocenters. The fourth-order valence-electron chi connectivity index (χ4n) is 3.57. The van der Waals surface area contributed by atoms with Crippen LogP contribution in [0.15, 0.2) is 47.5 Å². The molecule has 1 saturated heterocycles. The quantitative estimate of drug-likeness (QED) is 0.320. The first-order valence-corrected chi connectivity index (χ1v) is 10.2. The van der Waals surface area contributed by atoms with E-state index >= 15 is 0 Å². The van der Waals surface area contributed by atoms with Crippen molar-refractivity contribution in [2.75, 3.05) is 58.3 Å². The molecule has 31 heavy (non-hydrogen) atoms. The lowest BCUT2D eigenvalue weighted by Crippen LogP contribution is -2.44. The monoisotopic (exact) mass is 539 g/mol. The topological polar surface area (TPSA) is 61.4 Å². The Morgan fingerprint density at radius 2 is 1.74 bits per heavy atom. The molecule has 0 aromatic heterocycles. The largest absolute Gasteiger partial charge is 0.497 e. The number of ether oxygens (including phenoxy) is 2. The van der Waals surface area contributed by atoms with Crippen molar-refractivity contribution in [3.05, 3.63) is 48.0 Å². The number of benzene rings is 2. The van der Waals surface area contributed by atoms with E-state index in [1.54, 1.807) is 14.2 Å². The van der Waals surface area contributed by atoms with Crippen LogP contribution in [-0.2, 0) is 6.54 Å². The van der Waals surface area contributed by atoms with Crippen molar-refractivity contribution in [3.8, 4) is 11.5 Å². The Balaban J connectivity index is 0.00000341. The highest BCUT2D eigenvalue weighted by Gasteiger charge is 2.24. The molecule has 0 spiro atoms. The fraction of sp³-hybridized carbons (Fsp3) is 0.435. The van der Waals surface area contributed by atoms with Gasteiger partial charge >= 0.3 is 0 Å². The number of hydrogen-bond donors (Lipinski definition) is 2. The number of hydrogen-bond acceptors (Lipinski definition) is 5. The van der Waals surface area contributed by atoms with Crippen LogP contribution in [0.3, 0.4) is 0 Å². The fourth-order valence-corrected chi connectivity index (χ4v) is 3.57. The standard InChI is InChI=1S/C23H33N5O2.HI/c1-24-23(25-15-17-6-8-19(9-7-17)27(2)3)26-18-10-11-28(16-18)20-12-21(29-4)14-22(13-20)30-5;/h6-9,12-14,18H,10-11,15-16H2,1-5H3,(H2,24,25,26);1H. The Hall–Kier alpha value is -2.36. The molecule has 0 bridgehead atoms. The summed E-state index contributed by atoms with van der Waals surface area (Å²) in [5, 5.41) is 6.97. The van der Waals surface area contributed by atoms with E-state index in [1.165, 1.54) is 11.3 Å². The maximum Gasteiger partial charge on any atom is 0.191 e. The van der Waals surface area contributed by atoms with Crippen LogP contribution < -0.4 is 29.9 Å². The molecule has 7 nitrogen and oxygen atoms in total. The van der Waals surface area contributed by atoms with Crippen molar-refractivity contribution in [3.63, 3.8) is 0 Å². The zero-order chi connectivity index (χ0) is 21.5. The molecule has 2 aromatic carbocycles. The maximum absolute atomic E-state index is 5.41. The van der Waals surface area contributed by atoms with E-state index in [0.29, 0.717) is 6.04 Å². The third-order valence-corrected chi connectivity index (χ3v) is 5.37. The van der Waals surface area contributed by atoms with Crippen LogP contribution in [0.1, 0.15) is 12.0 Å². The molecule has 1 fully saturated rings. The van der Waals surface area contributed by atoms with Gasteiger partial charge in [0.2, 0.25) is 0 Å². The highest BCUT2D eigenvalue weighted by Crippen LogP contribution is 2.30. The summed E-state index contributed by atoms with van der Waals surface area (Å²) >= 11 is 0. The van der Waals surface area contributed by atoms with Crippen LogP contribution in [0.2, 0.25) is 0 Å². The number of rotatable bonds is 7. The lowest BCUT2D eigenvalue weighted by molar-refractivity contribution is 0.394. The molecule has 1 aliphatic heterocycles. The van der Waals surface area contributed by atoms with Gasteiger partial charge in [-0.3, -0.25) is 4.99 Å². The van der Waals surface area contributed by atoms with Crippen molar-refractivity contribution in [2.24, 2.45) is 4.99 Å². The molecule has 2 N–H and O–H groups in total. The smallest absolute Gasteiger partial charge is 0.191 e. The van der Waals surface area contributed by atoms with E-state index in [2.05, 4.69) is 61.8 Å². The van der Waals surface area contributed by atoms with Gasteiger partial charge in [-0.1, -0.05) is 12.1 Å². The third kappa shape index (κ3) is 6.81. The summed E-state index contributed by atoms with van der Waals surface area (Å²) in [7, 11) is 9.26. The minimum Gasteiger partial charge on any atom is -0.497 e. The van der Waals surface area contributed by atoms with E-state index in [9.17, 15) is 0 Å². The Kier molecular flexibility index (Phi) is 9.54. The van der Waals surface area contributed by atoms with Gasteiger partial charge in [0, 0.05) is 76.4 Å². The number of methoxy groups -OCH3 is 2. The van der Waals surface area contributed by atoms with Gasteiger partial charge in [0.15, 0.2) is 5.96 Å². The first-order valence-electron chi connectivity index (χ1n) is 10.2. The SMILES string of the molecule is CN=C(NCc1ccc(N(C)C)cc1)NC1CCN(c2cc(OC)cc(OC)c2)C1.I. The maximum atomic E-state index is 5.41. The van der Waals surface area contributed by atoms with Crippen molar-refractivity contribution < 1.29 is 9.47 Å². The first-order chi connectivity index (χ1) is 14.5. The van der Waals surface area contributed by atoms with E-state index in [0.717, 1.165) is 49.2 Å². The summed E-state index contributed by atoms with van der Waals surface area (Å²) < 4.78 is 10.8. The average Bonchev–Trinajstić information content (AvgIpc) is 3.25. The van der Waals surface area contributed by atoms with Gasteiger partial charge in [0.25, 0.3) is 0 Å². The highest BCUT2D eigenvalue weighted by atomic mass is 127. The summed E-state index contributed by atoms with van der Waals surface area (Å²) in [5.74, 6) is 2.43. The molecule has 8 heteroatoms. The summed E-state index contributed by atoms with van der Waals surface area (Å²) in [4.78, 5) is 8.83. The molecule has 3 rings (SSSR count). The van der Waals surface area contributed by atoms with Crippen LogP contribution in [-0.4, -0.2) is 60.5 Å². The lowest BCUT2D eigenvalue weighted by atomic mass is 10.2. The van der Waals surface area contributed by atoms with Gasteiger partial charge in [-0.15, -0.1) is 24.0 Å². The Morgan fingerprint density at radius 1 is 1.10 bits per heavy atom. The van der Waals surface area contributed by atoms with E-state index in [1.807, 2.05) is 27.2 Å². The zero-order valence-corrected chi connectivity index (χ0v) is 21.3. The molecule has 1 heterocycles. The Morgan fingerprint density at radius 3 is 2.29 bits per heavy atom. The van der Waals surface area contributed by atoms with Gasteiger partial charge in [-0.2, -0.15) is 0 Å². The number of anilines is 2. The van der Waals surface area contributed by atoms with Crippen molar-refractivity contribution in [1.29, 1.82) is 0 Å². The summed E-state index contributed by atoms with van der Waals surface area (Å²) in [6.07, 6.45) is 1.04. The van der Waals surface area contributed by atoms with Crippen LogP contribution in [0.4, 0.5) is 11.4 Å². The normalized spacial score (nSPS) is 15.8. The average molecular weight is 539 g/mol. The van der Waals surface area contributed by atoms with Crippen LogP contribution in [0, 0.1) is 0 Å². The molecule has 0 radical (unpaired) electrons. The van der Waals surface area contributed by atoms with E-state index in [-0.39, 0.29) is 24.0 Å². The predicted molar refractivity (Wildman–Crippen MR) is 140 cm³/mol. The van der Waals surface area contributed by atoms with Crippen LogP contribution in [0.5, 0.6) is 11.5 Å². The number of nitrogens with zero attached hydrogens (tertiary/aromatic N) is 3. The van der Waals surface area contributed by atoms with Gasteiger partial charge in [0.05, 0.1) is 14.2 Å². The highest BCUT2D eigenvalue weighted by molar-refractivity contribution is 14.0. The Bertz CT molecular complexity index is 835. The molecular weight excluding hydrogens is 505 g/mol. The van der Waals surface area contributed by atoms with E-state index in [4.69, 9.17) is 9.47 Å². The minimum absolute atomic E-state index is 0. The molecular formula is C23H34IN5O2. The zero-order valence-electron chi connectivity index (χ0n) is 19.0.